The second-order valence-corrected chi connectivity index (χ2v) is 10.9. The number of carbonyl (C=O) groups is 2. The fourth-order valence-electron chi connectivity index (χ4n) is 2.52. The summed E-state index contributed by atoms with van der Waals surface area (Å²) in [4.78, 5) is 26.5. The van der Waals surface area contributed by atoms with Crippen LogP contribution >= 0.6 is 0 Å². The van der Waals surface area contributed by atoms with Crippen LogP contribution < -0.4 is 5.32 Å². The quantitative estimate of drug-likeness (QED) is 0.329. The normalized spacial score (nSPS) is 11.2. The van der Waals surface area contributed by atoms with Crippen molar-refractivity contribution in [2.24, 2.45) is 5.41 Å². The molecule has 224 valence electrons. The van der Waals surface area contributed by atoms with Gasteiger partial charge in [-0.05, 0) is 63.7 Å². The number of allylic oxidation sites excluding steroid dienone is 3. The highest BCUT2D eigenvalue weighted by molar-refractivity contribution is 5.73. The molecule has 0 radical (unpaired) electrons. The third kappa shape index (κ3) is 23.8. The van der Waals surface area contributed by atoms with Crippen LogP contribution in [0.2, 0.25) is 0 Å². The van der Waals surface area contributed by atoms with Gasteiger partial charge in [-0.25, -0.2) is 9.59 Å². The van der Waals surface area contributed by atoms with E-state index in [1.807, 2.05) is 65.0 Å². The molecule has 0 spiro atoms. The van der Waals surface area contributed by atoms with Gasteiger partial charge in [0.25, 0.3) is 0 Å². The molecule has 0 aromatic heterocycles. The Balaban J connectivity index is -0.00000126. The molecule has 1 aromatic rings. The van der Waals surface area contributed by atoms with Crippen molar-refractivity contribution in [3.63, 3.8) is 0 Å². The second kappa shape index (κ2) is 21.9. The number of nitrogens with zero attached hydrogens (tertiary/aromatic N) is 1. The summed E-state index contributed by atoms with van der Waals surface area (Å²) in [6.07, 6.45) is 3.12. The molecular formula is C33H58N2O4. The van der Waals surface area contributed by atoms with E-state index in [9.17, 15) is 9.59 Å². The van der Waals surface area contributed by atoms with Gasteiger partial charge in [0.15, 0.2) is 0 Å². The van der Waals surface area contributed by atoms with Crippen molar-refractivity contribution < 1.29 is 19.1 Å². The minimum Gasteiger partial charge on any atom is -0.444 e. The maximum absolute atomic E-state index is 12.8. The van der Waals surface area contributed by atoms with Gasteiger partial charge in [-0.1, -0.05) is 105 Å². The Morgan fingerprint density at radius 2 is 1.46 bits per heavy atom. The first-order chi connectivity index (χ1) is 18.1. The topological polar surface area (TPSA) is 67.9 Å². The molecule has 0 saturated heterocycles. The Morgan fingerprint density at radius 1 is 0.974 bits per heavy atom. The van der Waals surface area contributed by atoms with Gasteiger partial charge in [0, 0.05) is 12.2 Å². The van der Waals surface area contributed by atoms with Gasteiger partial charge >= 0.3 is 12.2 Å². The van der Waals surface area contributed by atoms with Crippen LogP contribution in [0.1, 0.15) is 109 Å². The van der Waals surface area contributed by atoms with E-state index in [4.69, 9.17) is 9.47 Å². The van der Waals surface area contributed by atoms with Gasteiger partial charge in [-0.2, -0.15) is 0 Å². The van der Waals surface area contributed by atoms with Crippen LogP contribution in [0.5, 0.6) is 0 Å². The average Bonchev–Trinajstić information content (AvgIpc) is 2.84. The van der Waals surface area contributed by atoms with E-state index in [-0.39, 0.29) is 6.61 Å². The number of rotatable bonds is 8. The molecule has 6 nitrogen and oxygen atoms in total. The molecule has 0 aliphatic carbocycles. The Bertz CT molecular complexity index is 867. The highest BCUT2D eigenvalue weighted by atomic mass is 16.6. The first kappa shape index (κ1) is 40.5. The van der Waals surface area contributed by atoms with Crippen molar-refractivity contribution in [2.45, 2.75) is 116 Å². The molecule has 0 aliphatic rings. The van der Waals surface area contributed by atoms with Crippen LogP contribution in [0, 0.1) is 5.41 Å². The minimum absolute atomic E-state index is 0.177. The molecule has 0 aliphatic heterocycles. The molecule has 6 heteroatoms. The second-order valence-electron chi connectivity index (χ2n) is 10.9. The van der Waals surface area contributed by atoms with Crippen molar-refractivity contribution in [1.29, 1.82) is 0 Å². The number of hydrogen-bond donors (Lipinski definition) is 1. The van der Waals surface area contributed by atoms with E-state index in [1.165, 1.54) is 4.90 Å². The SMILES string of the molecule is C=C(C)/C(=C\C(=C/C)NC(=O)OC(C)(C)C)N(CCC)C(=O)OCc1ccccc1.CC.CC.CC(C)(C)C. The lowest BCUT2D eigenvalue weighted by Gasteiger charge is -2.25. The summed E-state index contributed by atoms with van der Waals surface area (Å²) in [7, 11) is 0. The molecule has 0 unspecified atom stereocenters. The first-order valence-corrected chi connectivity index (χ1v) is 14.1. The van der Waals surface area contributed by atoms with Crippen molar-refractivity contribution >= 4 is 12.2 Å². The lowest BCUT2D eigenvalue weighted by molar-refractivity contribution is 0.0547. The van der Waals surface area contributed by atoms with E-state index in [2.05, 4.69) is 39.6 Å². The van der Waals surface area contributed by atoms with Crippen LogP contribution in [-0.4, -0.2) is 29.2 Å². The Hall–Kier alpha value is -3.02. The van der Waals surface area contributed by atoms with Crippen LogP contribution in [0.15, 0.2) is 66.0 Å². The maximum Gasteiger partial charge on any atom is 0.414 e. The number of benzene rings is 1. The molecule has 1 rings (SSSR count). The molecule has 0 atom stereocenters. The maximum atomic E-state index is 12.8. The molecule has 0 saturated carbocycles. The van der Waals surface area contributed by atoms with E-state index in [1.54, 1.807) is 46.8 Å². The van der Waals surface area contributed by atoms with Gasteiger partial charge in [0.1, 0.15) is 12.2 Å². The average molecular weight is 547 g/mol. The number of alkyl carbamates (subject to hydrolysis) is 1. The molecular weight excluding hydrogens is 488 g/mol. The van der Waals surface area contributed by atoms with Crippen LogP contribution in [0.3, 0.4) is 0 Å². The standard InChI is InChI=1S/C24H34N2O4.C5H12.2C2H6/c1-8-15-26(23(28)29-17-19-13-11-10-12-14-19)21(18(3)4)16-20(9-2)25-22(27)30-24(5,6)7;1-5(2,3)4;2*1-2/h9-14,16H,3,8,15,17H2,1-2,4-7H3,(H,25,27);1-4H3;2*1-2H3/b20-9+,21-16+;;;. The van der Waals surface area contributed by atoms with Crippen LogP contribution in [0.4, 0.5) is 9.59 Å². The summed E-state index contributed by atoms with van der Waals surface area (Å²) in [5, 5.41) is 2.71. The van der Waals surface area contributed by atoms with Gasteiger partial charge < -0.3 is 9.47 Å². The fraction of sp³-hybridized carbons (Fsp3) is 0.576. The van der Waals surface area contributed by atoms with Crippen LogP contribution in [-0.2, 0) is 16.1 Å². The molecule has 39 heavy (non-hydrogen) atoms. The fourth-order valence-corrected chi connectivity index (χ4v) is 2.52. The molecule has 1 aromatic carbocycles. The third-order valence-electron chi connectivity index (χ3n) is 3.85. The van der Waals surface area contributed by atoms with Gasteiger partial charge in [-0.15, -0.1) is 0 Å². The van der Waals surface area contributed by atoms with E-state index in [0.29, 0.717) is 28.9 Å². The predicted molar refractivity (Wildman–Crippen MR) is 167 cm³/mol. The number of carbonyl (C=O) groups excluding carboxylic acids is 2. The molecule has 0 heterocycles. The smallest absolute Gasteiger partial charge is 0.414 e. The molecule has 0 fully saturated rings. The summed E-state index contributed by atoms with van der Waals surface area (Å²) < 4.78 is 10.8. The van der Waals surface area contributed by atoms with Crippen molar-refractivity contribution in [3.05, 3.63) is 71.6 Å². The van der Waals surface area contributed by atoms with E-state index < -0.39 is 17.8 Å². The monoisotopic (exact) mass is 546 g/mol. The predicted octanol–water partition coefficient (Wildman–Crippen LogP) is 10.0. The summed E-state index contributed by atoms with van der Waals surface area (Å²) in [5.41, 5.74) is 2.53. The lowest BCUT2D eigenvalue weighted by atomic mass is 10.0. The zero-order valence-electron chi connectivity index (χ0n) is 27.5. The number of nitrogens with one attached hydrogen (secondary N) is 1. The Morgan fingerprint density at radius 3 is 1.85 bits per heavy atom. The summed E-state index contributed by atoms with van der Waals surface area (Å²) in [6.45, 7) is 32.3. The zero-order chi connectivity index (χ0) is 31.2. The highest BCUT2D eigenvalue weighted by Crippen LogP contribution is 2.19. The zero-order valence-corrected chi connectivity index (χ0v) is 27.5. The highest BCUT2D eigenvalue weighted by Gasteiger charge is 2.21. The van der Waals surface area contributed by atoms with E-state index in [0.717, 1.165) is 12.0 Å². The van der Waals surface area contributed by atoms with Crippen molar-refractivity contribution in [1.82, 2.24) is 10.2 Å². The summed E-state index contributed by atoms with van der Waals surface area (Å²) in [5.74, 6) is 0. The third-order valence-corrected chi connectivity index (χ3v) is 3.85. The Labute approximate surface area is 240 Å². The molecule has 1 N–H and O–H groups in total. The summed E-state index contributed by atoms with van der Waals surface area (Å²) in [6, 6.07) is 9.50. The van der Waals surface area contributed by atoms with Gasteiger partial charge in [0.2, 0.25) is 0 Å². The van der Waals surface area contributed by atoms with Crippen molar-refractivity contribution in [3.8, 4) is 0 Å². The molecule has 2 amide bonds. The van der Waals surface area contributed by atoms with Crippen LogP contribution in [0.25, 0.3) is 0 Å². The summed E-state index contributed by atoms with van der Waals surface area (Å²) >= 11 is 0. The lowest BCUT2D eigenvalue weighted by Crippen LogP contribution is -2.34. The number of ether oxygens (including phenoxy) is 2. The van der Waals surface area contributed by atoms with Crippen molar-refractivity contribution in [2.75, 3.05) is 6.54 Å². The van der Waals surface area contributed by atoms with Gasteiger partial charge in [0.05, 0.1) is 5.70 Å². The first-order valence-electron chi connectivity index (χ1n) is 14.1. The minimum atomic E-state index is -0.612. The largest absolute Gasteiger partial charge is 0.444 e. The number of hydrogen-bond acceptors (Lipinski definition) is 4. The van der Waals surface area contributed by atoms with E-state index >= 15 is 0 Å². The van der Waals surface area contributed by atoms with Gasteiger partial charge in [-0.3, -0.25) is 10.2 Å². The number of amides is 2. The Kier molecular flexibility index (Phi) is 22.7. The molecule has 0 bridgehead atoms.